The summed E-state index contributed by atoms with van der Waals surface area (Å²) in [4.78, 5) is 23.4. The number of sulfone groups is 1. The highest BCUT2D eigenvalue weighted by atomic mass is 32.2. The monoisotopic (exact) mass is 359 g/mol. The lowest BCUT2D eigenvalue weighted by Gasteiger charge is -2.19. The van der Waals surface area contributed by atoms with Crippen LogP contribution in [0.15, 0.2) is 30.3 Å². The number of carboxylic acids is 1. The third-order valence-corrected chi connectivity index (χ3v) is 4.73. The van der Waals surface area contributed by atoms with Gasteiger partial charge in [0.2, 0.25) is 5.91 Å². The van der Waals surface area contributed by atoms with E-state index < -0.39 is 33.7 Å². The van der Waals surface area contributed by atoms with Crippen molar-refractivity contribution in [3.63, 3.8) is 0 Å². The van der Waals surface area contributed by atoms with Crippen LogP contribution in [0.3, 0.4) is 0 Å². The van der Waals surface area contributed by atoms with Gasteiger partial charge in [-0.1, -0.05) is 30.3 Å². The SMILES string of the molecule is CS(=O)(=O)CC[C@H](NC(=O)C(CS)Cc1ccccc1)C(=O)O. The van der Waals surface area contributed by atoms with Crippen molar-refractivity contribution in [3.8, 4) is 0 Å². The second kappa shape index (κ2) is 8.93. The lowest BCUT2D eigenvalue weighted by atomic mass is 9.99. The van der Waals surface area contributed by atoms with Gasteiger partial charge < -0.3 is 10.4 Å². The van der Waals surface area contributed by atoms with E-state index in [4.69, 9.17) is 5.11 Å². The fraction of sp³-hybridized carbons (Fsp3) is 0.467. The second-order valence-electron chi connectivity index (χ2n) is 5.39. The predicted molar refractivity (Wildman–Crippen MR) is 91.4 cm³/mol. The van der Waals surface area contributed by atoms with E-state index in [1.807, 2.05) is 30.3 Å². The summed E-state index contributed by atoms with van der Waals surface area (Å²) in [5, 5.41) is 11.5. The Kier molecular flexibility index (Phi) is 7.57. The average Bonchev–Trinajstić information content (AvgIpc) is 2.48. The first kappa shape index (κ1) is 19.5. The van der Waals surface area contributed by atoms with Gasteiger partial charge in [-0.05, 0) is 18.4 Å². The number of amides is 1. The number of carbonyl (C=O) groups excluding carboxylic acids is 1. The third-order valence-electron chi connectivity index (χ3n) is 3.31. The van der Waals surface area contributed by atoms with E-state index in [1.165, 1.54) is 0 Å². The van der Waals surface area contributed by atoms with Crippen LogP contribution >= 0.6 is 12.6 Å². The Balaban J connectivity index is 2.69. The molecule has 0 aliphatic rings. The van der Waals surface area contributed by atoms with Crippen LogP contribution in [0.4, 0.5) is 0 Å². The Morgan fingerprint density at radius 3 is 2.35 bits per heavy atom. The molecule has 1 rings (SSSR count). The van der Waals surface area contributed by atoms with E-state index in [2.05, 4.69) is 17.9 Å². The number of hydrogen-bond acceptors (Lipinski definition) is 5. The van der Waals surface area contributed by atoms with Gasteiger partial charge in [-0.3, -0.25) is 4.79 Å². The minimum Gasteiger partial charge on any atom is -0.480 e. The quantitative estimate of drug-likeness (QED) is 0.566. The molecule has 0 aliphatic heterocycles. The molecule has 23 heavy (non-hydrogen) atoms. The fourth-order valence-electron chi connectivity index (χ4n) is 2.02. The maximum Gasteiger partial charge on any atom is 0.326 e. The van der Waals surface area contributed by atoms with E-state index in [9.17, 15) is 18.0 Å². The average molecular weight is 359 g/mol. The van der Waals surface area contributed by atoms with E-state index in [0.29, 0.717) is 6.42 Å². The number of carbonyl (C=O) groups is 2. The lowest BCUT2D eigenvalue weighted by Crippen LogP contribution is -2.45. The molecular weight excluding hydrogens is 338 g/mol. The van der Waals surface area contributed by atoms with Crippen LogP contribution in [0.25, 0.3) is 0 Å². The summed E-state index contributed by atoms with van der Waals surface area (Å²) in [5.74, 6) is -2.21. The van der Waals surface area contributed by atoms with Gasteiger partial charge in [-0.25, -0.2) is 13.2 Å². The standard InChI is InChI=1S/C15H21NO5S2/c1-23(20,21)8-7-13(15(18)19)16-14(17)12(10-22)9-11-5-3-2-4-6-11/h2-6,12-13,22H,7-10H2,1H3,(H,16,17)(H,18,19)/t12?,13-/m0/s1. The van der Waals surface area contributed by atoms with Crippen LogP contribution < -0.4 is 5.32 Å². The molecule has 2 atom stereocenters. The molecule has 1 unspecified atom stereocenters. The molecule has 0 radical (unpaired) electrons. The van der Waals surface area contributed by atoms with Gasteiger partial charge in [0.05, 0.1) is 11.7 Å². The van der Waals surface area contributed by atoms with E-state index in [-0.39, 0.29) is 17.9 Å². The summed E-state index contributed by atoms with van der Waals surface area (Å²) in [7, 11) is -3.29. The van der Waals surface area contributed by atoms with Crippen molar-refractivity contribution >= 4 is 34.3 Å². The van der Waals surface area contributed by atoms with Gasteiger partial charge in [-0.15, -0.1) is 0 Å². The number of hydrogen-bond donors (Lipinski definition) is 3. The van der Waals surface area contributed by atoms with Crippen LogP contribution in [-0.4, -0.2) is 49.2 Å². The molecule has 6 nitrogen and oxygen atoms in total. The Labute approximate surface area is 141 Å². The Morgan fingerprint density at radius 2 is 1.87 bits per heavy atom. The zero-order chi connectivity index (χ0) is 17.5. The van der Waals surface area contributed by atoms with Gasteiger partial charge in [0.25, 0.3) is 0 Å². The molecule has 0 saturated heterocycles. The van der Waals surface area contributed by atoms with Gasteiger partial charge in [0.1, 0.15) is 15.9 Å². The highest BCUT2D eigenvalue weighted by molar-refractivity contribution is 7.90. The molecule has 0 aromatic heterocycles. The van der Waals surface area contributed by atoms with Crippen molar-refractivity contribution in [2.75, 3.05) is 17.8 Å². The van der Waals surface area contributed by atoms with Crippen LogP contribution in [-0.2, 0) is 25.8 Å². The van der Waals surface area contributed by atoms with Crippen molar-refractivity contribution in [2.45, 2.75) is 18.9 Å². The summed E-state index contributed by atoms with van der Waals surface area (Å²) in [6.07, 6.45) is 1.30. The number of carboxylic acid groups (broad SMARTS) is 1. The highest BCUT2D eigenvalue weighted by Gasteiger charge is 2.25. The van der Waals surface area contributed by atoms with E-state index >= 15 is 0 Å². The van der Waals surface area contributed by atoms with E-state index in [1.54, 1.807) is 0 Å². The maximum atomic E-state index is 12.2. The van der Waals surface area contributed by atoms with E-state index in [0.717, 1.165) is 11.8 Å². The molecule has 128 valence electrons. The molecule has 0 aliphatic carbocycles. The molecule has 1 aromatic carbocycles. The van der Waals surface area contributed by atoms with Crippen molar-refractivity contribution in [1.29, 1.82) is 0 Å². The summed E-state index contributed by atoms with van der Waals surface area (Å²) in [6.45, 7) is 0. The molecule has 1 aromatic rings. The minimum absolute atomic E-state index is 0.162. The number of aliphatic carboxylic acids is 1. The van der Waals surface area contributed by atoms with Gasteiger partial charge >= 0.3 is 5.97 Å². The minimum atomic E-state index is -3.29. The molecular formula is C15H21NO5S2. The molecule has 0 fully saturated rings. The summed E-state index contributed by atoms with van der Waals surface area (Å²) < 4.78 is 22.3. The molecule has 0 heterocycles. The first-order valence-electron chi connectivity index (χ1n) is 7.08. The molecule has 1 amide bonds. The Bertz CT molecular complexity index is 631. The van der Waals surface area contributed by atoms with Crippen LogP contribution in [0.5, 0.6) is 0 Å². The molecule has 2 N–H and O–H groups in total. The topological polar surface area (TPSA) is 101 Å². The third kappa shape index (κ3) is 7.51. The molecule has 0 saturated carbocycles. The fourth-order valence-corrected chi connectivity index (χ4v) is 2.98. The number of nitrogens with one attached hydrogen (secondary N) is 1. The lowest BCUT2D eigenvalue weighted by molar-refractivity contribution is -0.142. The first-order chi connectivity index (χ1) is 10.7. The van der Waals surface area contributed by atoms with Gasteiger partial charge in [0, 0.05) is 12.0 Å². The highest BCUT2D eigenvalue weighted by Crippen LogP contribution is 2.11. The zero-order valence-electron chi connectivity index (χ0n) is 12.8. The maximum absolute atomic E-state index is 12.2. The number of benzene rings is 1. The number of thiol groups is 1. The normalized spacial score (nSPS) is 14.0. The van der Waals surface area contributed by atoms with Crippen LogP contribution in [0.1, 0.15) is 12.0 Å². The van der Waals surface area contributed by atoms with Crippen LogP contribution in [0.2, 0.25) is 0 Å². The summed E-state index contributed by atoms with van der Waals surface area (Å²) in [5.41, 5.74) is 0.949. The van der Waals surface area contributed by atoms with Crippen molar-refractivity contribution in [3.05, 3.63) is 35.9 Å². The molecule has 0 bridgehead atoms. The summed E-state index contributed by atoms with van der Waals surface area (Å²) in [6, 6.07) is 8.11. The smallest absolute Gasteiger partial charge is 0.326 e. The Morgan fingerprint density at radius 1 is 1.26 bits per heavy atom. The van der Waals surface area contributed by atoms with Gasteiger partial charge in [0.15, 0.2) is 0 Å². The first-order valence-corrected chi connectivity index (χ1v) is 9.78. The van der Waals surface area contributed by atoms with Crippen LogP contribution in [0, 0.1) is 5.92 Å². The molecule has 8 heteroatoms. The second-order valence-corrected chi connectivity index (χ2v) is 8.01. The van der Waals surface area contributed by atoms with Crippen molar-refractivity contribution in [1.82, 2.24) is 5.32 Å². The number of rotatable bonds is 9. The summed E-state index contributed by atoms with van der Waals surface area (Å²) >= 11 is 4.15. The largest absolute Gasteiger partial charge is 0.480 e. The zero-order valence-corrected chi connectivity index (χ0v) is 14.5. The van der Waals surface area contributed by atoms with Gasteiger partial charge in [-0.2, -0.15) is 12.6 Å². The van der Waals surface area contributed by atoms with Crippen molar-refractivity contribution in [2.24, 2.45) is 5.92 Å². The molecule has 0 spiro atoms. The Hall–Kier alpha value is -1.54. The van der Waals surface area contributed by atoms with Crippen molar-refractivity contribution < 1.29 is 23.1 Å². The predicted octanol–water partition coefficient (Wildman–Crippen LogP) is 0.779.